The number of piperidine rings is 1. The van der Waals surface area contributed by atoms with Gasteiger partial charge < -0.3 is 9.88 Å². The highest BCUT2D eigenvalue weighted by molar-refractivity contribution is 5.94. The fourth-order valence-electron chi connectivity index (χ4n) is 3.31. The molecule has 1 aromatic rings. The molecule has 0 bridgehead atoms. The summed E-state index contributed by atoms with van der Waals surface area (Å²) < 4.78 is 0. The minimum Gasteiger partial charge on any atom is -0.338 e. The van der Waals surface area contributed by atoms with E-state index in [0.717, 1.165) is 56.5 Å². The molecule has 1 fully saturated rings. The summed E-state index contributed by atoms with van der Waals surface area (Å²) in [5.74, 6) is 0.540. The molecule has 1 saturated heterocycles. The van der Waals surface area contributed by atoms with Crippen LogP contribution in [-0.4, -0.2) is 28.9 Å². The quantitative estimate of drug-likeness (QED) is 0.853. The van der Waals surface area contributed by atoms with Crippen LogP contribution in [0.5, 0.6) is 0 Å². The van der Waals surface area contributed by atoms with Gasteiger partial charge in [-0.3, -0.25) is 9.59 Å². The molecule has 2 aliphatic rings. The standard InChI is InChI=1S/C16H22N2O2/c1-11-5-6-14-12(9-11)10-13(15(19)17-14)16(20)18-7-3-2-4-8-18/h10-11H,2-9H2,1H3,(H,17,19)/t11-/m1/s1. The number of aryl methyl sites for hydroxylation is 1. The van der Waals surface area contributed by atoms with Crippen molar-refractivity contribution in [2.24, 2.45) is 5.92 Å². The number of H-pyrrole nitrogens is 1. The molecule has 3 rings (SSSR count). The summed E-state index contributed by atoms with van der Waals surface area (Å²) in [6.45, 7) is 3.79. The zero-order chi connectivity index (χ0) is 14.1. The van der Waals surface area contributed by atoms with Gasteiger partial charge in [-0.15, -0.1) is 0 Å². The van der Waals surface area contributed by atoms with E-state index in [4.69, 9.17) is 0 Å². The monoisotopic (exact) mass is 274 g/mol. The molecule has 0 spiro atoms. The van der Waals surface area contributed by atoms with Gasteiger partial charge in [0.1, 0.15) is 5.56 Å². The Kier molecular flexibility index (Phi) is 3.64. The minimum atomic E-state index is -0.214. The number of aromatic nitrogens is 1. The first-order valence-electron chi connectivity index (χ1n) is 7.69. The van der Waals surface area contributed by atoms with E-state index in [2.05, 4.69) is 11.9 Å². The largest absolute Gasteiger partial charge is 0.338 e. The fraction of sp³-hybridized carbons (Fsp3) is 0.625. The van der Waals surface area contributed by atoms with Crippen LogP contribution in [0.1, 0.15) is 54.2 Å². The Labute approximate surface area is 119 Å². The lowest BCUT2D eigenvalue weighted by Gasteiger charge is -2.27. The molecule has 0 unspecified atom stereocenters. The summed E-state index contributed by atoms with van der Waals surface area (Å²) in [5, 5.41) is 0. The van der Waals surface area contributed by atoms with Crippen molar-refractivity contribution < 1.29 is 4.79 Å². The molecule has 1 amide bonds. The van der Waals surface area contributed by atoms with E-state index in [0.29, 0.717) is 11.5 Å². The van der Waals surface area contributed by atoms with Crippen molar-refractivity contribution in [1.29, 1.82) is 0 Å². The van der Waals surface area contributed by atoms with E-state index in [1.807, 2.05) is 11.0 Å². The summed E-state index contributed by atoms with van der Waals surface area (Å²) in [7, 11) is 0. The van der Waals surface area contributed by atoms with Crippen LogP contribution in [0.3, 0.4) is 0 Å². The van der Waals surface area contributed by atoms with Gasteiger partial charge in [0.25, 0.3) is 11.5 Å². The molecule has 0 radical (unpaired) electrons. The van der Waals surface area contributed by atoms with E-state index < -0.39 is 0 Å². The van der Waals surface area contributed by atoms with Gasteiger partial charge in [-0.2, -0.15) is 0 Å². The number of pyridine rings is 1. The van der Waals surface area contributed by atoms with Crippen molar-refractivity contribution in [3.8, 4) is 0 Å². The molecule has 0 saturated carbocycles. The molecule has 108 valence electrons. The molecule has 1 N–H and O–H groups in total. The average Bonchev–Trinajstić information content (AvgIpc) is 2.47. The normalized spacial score (nSPS) is 22.4. The Bertz CT molecular complexity index is 570. The third-order valence-electron chi connectivity index (χ3n) is 4.54. The summed E-state index contributed by atoms with van der Waals surface area (Å²) in [4.78, 5) is 29.4. The first-order chi connectivity index (χ1) is 9.65. The van der Waals surface area contributed by atoms with Crippen molar-refractivity contribution in [2.45, 2.75) is 45.4 Å². The van der Waals surface area contributed by atoms with E-state index in [9.17, 15) is 9.59 Å². The van der Waals surface area contributed by atoms with Gasteiger partial charge >= 0.3 is 0 Å². The lowest BCUT2D eigenvalue weighted by molar-refractivity contribution is 0.0722. The minimum absolute atomic E-state index is 0.0908. The molecule has 1 aliphatic heterocycles. The van der Waals surface area contributed by atoms with Crippen molar-refractivity contribution in [3.05, 3.63) is 33.2 Å². The molecule has 1 aromatic heterocycles. The molecular weight excluding hydrogens is 252 g/mol. The predicted molar refractivity (Wildman–Crippen MR) is 78.0 cm³/mol. The Morgan fingerprint density at radius 3 is 2.80 bits per heavy atom. The number of likely N-dealkylation sites (tertiary alicyclic amines) is 1. The van der Waals surface area contributed by atoms with Gasteiger partial charge in [-0.05, 0) is 56.1 Å². The third kappa shape index (κ3) is 2.51. The van der Waals surface area contributed by atoms with Crippen LogP contribution in [0.2, 0.25) is 0 Å². The highest BCUT2D eigenvalue weighted by atomic mass is 16.2. The average molecular weight is 274 g/mol. The summed E-state index contributed by atoms with van der Waals surface area (Å²) >= 11 is 0. The first-order valence-corrected chi connectivity index (χ1v) is 7.69. The van der Waals surface area contributed by atoms with Gasteiger partial charge in [0.05, 0.1) is 0 Å². The van der Waals surface area contributed by atoms with E-state index in [1.165, 1.54) is 6.42 Å². The van der Waals surface area contributed by atoms with Crippen LogP contribution in [0, 0.1) is 5.92 Å². The molecule has 1 atom stereocenters. The van der Waals surface area contributed by atoms with Crippen molar-refractivity contribution in [1.82, 2.24) is 9.88 Å². The smallest absolute Gasteiger partial charge is 0.261 e. The third-order valence-corrected chi connectivity index (χ3v) is 4.54. The first kappa shape index (κ1) is 13.4. The number of carbonyl (C=O) groups excluding carboxylic acids is 1. The Hall–Kier alpha value is -1.58. The molecule has 4 heteroatoms. The maximum atomic E-state index is 12.5. The second kappa shape index (κ2) is 5.43. The van der Waals surface area contributed by atoms with Crippen LogP contribution >= 0.6 is 0 Å². The number of aromatic amines is 1. The number of carbonyl (C=O) groups is 1. The number of nitrogens with zero attached hydrogens (tertiary/aromatic N) is 1. The van der Waals surface area contributed by atoms with Crippen molar-refractivity contribution >= 4 is 5.91 Å². The molecule has 0 aromatic carbocycles. The van der Waals surface area contributed by atoms with Crippen molar-refractivity contribution in [2.75, 3.05) is 13.1 Å². The maximum Gasteiger partial charge on any atom is 0.261 e. The van der Waals surface area contributed by atoms with E-state index >= 15 is 0 Å². The number of hydrogen-bond acceptors (Lipinski definition) is 2. The summed E-state index contributed by atoms with van der Waals surface area (Å²) in [5.41, 5.74) is 2.31. The second-order valence-electron chi connectivity index (χ2n) is 6.22. The number of nitrogens with one attached hydrogen (secondary N) is 1. The number of fused-ring (bicyclic) bond motifs is 1. The maximum absolute atomic E-state index is 12.5. The van der Waals surface area contributed by atoms with Crippen molar-refractivity contribution in [3.63, 3.8) is 0 Å². The van der Waals surface area contributed by atoms with Crippen LogP contribution in [0.25, 0.3) is 0 Å². The van der Waals surface area contributed by atoms with E-state index in [1.54, 1.807) is 0 Å². The topological polar surface area (TPSA) is 53.2 Å². The Morgan fingerprint density at radius 2 is 2.05 bits per heavy atom. The lowest BCUT2D eigenvalue weighted by atomic mass is 9.87. The zero-order valence-corrected chi connectivity index (χ0v) is 12.1. The van der Waals surface area contributed by atoms with Crippen LogP contribution in [-0.2, 0) is 12.8 Å². The zero-order valence-electron chi connectivity index (χ0n) is 12.1. The lowest BCUT2D eigenvalue weighted by Crippen LogP contribution is -2.39. The van der Waals surface area contributed by atoms with Gasteiger partial charge in [0.2, 0.25) is 0 Å². The van der Waals surface area contributed by atoms with Gasteiger partial charge in [0.15, 0.2) is 0 Å². The van der Waals surface area contributed by atoms with E-state index in [-0.39, 0.29) is 11.5 Å². The second-order valence-corrected chi connectivity index (χ2v) is 6.22. The molecule has 1 aliphatic carbocycles. The summed E-state index contributed by atoms with van der Waals surface area (Å²) in [6, 6.07) is 1.85. The number of amides is 1. The predicted octanol–water partition coefficient (Wildman–Crippen LogP) is 2.13. The SMILES string of the molecule is C[C@@H]1CCc2[nH]c(=O)c(C(=O)N3CCCCC3)cc2C1. The molecule has 4 nitrogen and oxygen atoms in total. The highest BCUT2D eigenvalue weighted by Crippen LogP contribution is 2.23. The van der Waals surface area contributed by atoms with Gasteiger partial charge in [0, 0.05) is 18.8 Å². The number of rotatable bonds is 1. The fourth-order valence-corrected chi connectivity index (χ4v) is 3.31. The number of hydrogen-bond donors (Lipinski definition) is 1. The molecule has 20 heavy (non-hydrogen) atoms. The Balaban J connectivity index is 1.91. The van der Waals surface area contributed by atoms with Gasteiger partial charge in [-0.1, -0.05) is 6.92 Å². The molecular formula is C16H22N2O2. The summed E-state index contributed by atoms with van der Waals surface area (Å²) in [6.07, 6.45) is 6.28. The molecule has 2 heterocycles. The van der Waals surface area contributed by atoms with Crippen LogP contribution < -0.4 is 5.56 Å². The van der Waals surface area contributed by atoms with Crippen LogP contribution in [0.15, 0.2) is 10.9 Å². The van der Waals surface area contributed by atoms with Gasteiger partial charge in [-0.25, -0.2) is 0 Å². The Morgan fingerprint density at radius 1 is 1.30 bits per heavy atom. The highest BCUT2D eigenvalue weighted by Gasteiger charge is 2.24. The van der Waals surface area contributed by atoms with Crippen LogP contribution in [0.4, 0.5) is 0 Å².